The zero-order chi connectivity index (χ0) is 9.84. The van der Waals surface area contributed by atoms with Crippen LogP contribution >= 0.6 is 34.2 Å². The van der Waals surface area contributed by atoms with E-state index in [2.05, 4.69) is 22.6 Å². The van der Waals surface area contributed by atoms with Crippen molar-refractivity contribution in [3.63, 3.8) is 0 Å². The lowest BCUT2D eigenvalue weighted by Crippen LogP contribution is -1.85. The molecule has 0 amide bonds. The Morgan fingerprint density at radius 1 is 1.46 bits per heavy atom. The monoisotopic (exact) mass is 308 g/mol. The van der Waals surface area contributed by atoms with Gasteiger partial charge in [-0.1, -0.05) is 11.6 Å². The first-order chi connectivity index (χ1) is 6.08. The van der Waals surface area contributed by atoms with E-state index >= 15 is 0 Å². The van der Waals surface area contributed by atoms with Crippen LogP contribution in [0.5, 0.6) is 0 Å². The van der Waals surface area contributed by atoms with Crippen LogP contribution in [0.25, 0.3) is 6.08 Å². The Hall–Kier alpha value is -0.550. The molecule has 0 aliphatic carbocycles. The average Bonchev–Trinajstić information content (AvgIpc) is 1.99. The van der Waals surface area contributed by atoms with Crippen molar-refractivity contribution in [2.45, 2.75) is 0 Å². The predicted octanol–water partition coefficient (Wildman–Crippen LogP) is 3.04. The van der Waals surface area contributed by atoms with Crippen molar-refractivity contribution in [2.75, 3.05) is 0 Å². The molecule has 13 heavy (non-hydrogen) atoms. The molecule has 0 aliphatic rings. The van der Waals surface area contributed by atoms with Gasteiger partial charge in [-0.3, -0.25) is 0 Å². The molecule has 0 fully saturated rings. The minimum absolute atomic E-state index is 0.608. The molecule has 0 heterocycles. The summed E-state index contributed by atoms with van der Waals surface area (Å²) >= 11 is 7.90. The van der Waals surface area contributed by atoms with Crippen LogP contribution in [0.15, 0.2) is 24.3 Å². The Morgan fingerprint density at radius 3 is 2.69 bits per heavy atom. The molecular weight excluding hydrogens is 302 g/mol. The Balaban J connectivity index is 2.95. The summed E-state index contributed by atoms with van der Waals surface area (Å²) in [4.78, 5) is 10.2. The van der Waals surface area contributed by atoms with Gasteiger partial charge in [-0.05, 0) is 52.4 Å². The maximum Gasteiger partial charge on any atom is 0.328 e. The van der Waals surface area contributed by atoms with E-state index in [1.54, 1.807) is 12.1 Å². The highest BCUT2D eigenvalue weighted by molar-refractivity contribution is 14.1. The van der Waals surface area contributed by atoms with Gasteiger partial charge in [0, 0.05) is 14.7 Å². The number of rotatable bonds is 2. The quantitative estimate of drug-likeness (QED) is 0.673. The summed E-state index contributed by atoms with van der Waals surface area (Å²) < 4.78 is 0.982. The summed E-state index contributed by atoms with van der Waals surface area (Å²) in [6.07, 6.45) is 2.60. The molecule has 0 radical (unpaired) electrons. The standard InChI is InChI=1S/C9H6ClIO2/c10-7-3-6(1-2-9(12)13)4-8(11)5-7/h1-5H,(H,12,13)/b2-1+. The van der Waals surface area contributed by atoms with Crippen molar-refractivity contribution in [3.8, 4) is 0 Å². The largest absolute Gasteiger partial charge is 0.478 e. The van der Waals surface area contributed by atoms with Crippen LogP contribution in [0.4, 0.5) is 0 Å². The summed E-state index contributed by atoms with van der Waals surface area (Å²) in [5.41, 5.74) is 0.791. The van der Waals surface area contributed by atoms with E-state index in [0.29, 0.717) is 5.02 Å². The Morgan fingerprint density at radius 2 is 2.15 bits per heavy atom. The average molecular weight is 309 g/mol. The lowest BCUT2D eigenvalue weighted by molar-refractivity contribution is -0.131. The third kappa shape index (κ3) is 3.78. The smallest absolute Gasteiger partial charge is 0.328 e. The van der Waals surface area contributed by atoms with Crippen LogP contribution in [0.2, 0.25) is 5.02 Å². The molecule has 1 N–H and O–H groups in total. The van der Waals surface area contributed by atoms with E-state index in [-0.39, 0.29) is 0 Å². The number of benzene rings is 1. The number of halogens is 2. The minimum atomic E-state index is -0.963. The topological polar surface area (TPSA) is 37.3 Å². The van der Waals surface area contributed by atoms with E-state index in [0.717, 1.165) is 15.2 Å². The molecule has 0 aliphatic heterocycles. The van der Waals surface area contributed by atoms with E-state index in [9.17, 15) is 4.79 Å². The molecule has 2 nitrogen and oxygen atoms in total. The first-order valence-electron chi connectivity index (χ1n) is 3.45. The van der Waals surface area contributed by atoms with Crippen LogP contribution in [-0.4, -0.2) is 11.1 Å². The molecule has 0 saturated heterocycles. The number of carboxylic acids is 1. The summed E-state index contributed by atoms with van der Waals surface area (Å²) in [5.74, 6) is -0.963. The molecule has 1 rings (SSSR count). The third-order valence-electron chi connectivity index (χ3n) is 1.30. The fourth-order valence-corrected chi connectivity index (χ4v) is 1.96. The maximum absolute atomic E-state index is 10.2. The zero-order valence-electron chi connectivity index (χ0n) is 6.50. The minimum Gasteiger partial charge on any atom is -0.478 e. The van der Waals surface area contributed by atoms with Crippen molar-refractivity contribution in [2.24, 2.45) is 0 Å². The Kier molecular flexibility index (Phi) is 3.74. The lowest BCUT2D eigenvalue weighted by atomic mass is 10.2. The van der Waals surface area contributed by atoms with Gasteiger partial charge in [0.1, 0.15) is 0 Å². The summed E-state index contributed by atoms with van der Waals surface area (Å²) in [7, 11) is 0. The summed E-state index contributed by atoms with van der Waals surface area (Å²) in [6.45, 7) is 0. The van der Waals surface area contributed by atoms with Gasteiger partial charge >= 0.3 is 5.97 Å². The van der Waals surface area contributed by atoms with E-state index in [4.69, 9.17) is 16.7 Å². The van der Waals surface area contributed by atoms with Gasteiger partial charge in [-0.15, -0.1) is 0 Å². The molecule has 0 aromatic heterocycles. The number of hydrogen-bond acceptors (Lipinski definition) is 1. The Bertz CT molecular complexity index is 340. The lowest BCUT2D eigenvalue weighted by Gasteiger charge is -1.96. The molecule has 1 aromatic rings. The van der Waals surface area contributed by atoms with Gasteiger partial charge in [0.25, 0.3) is 0 Å². The van der Waals surface area contributed by atoms with Gasteiger partial charge in [0.05, 0.1) is 0 Å². The Labute approximate surface area is 94.4 Å². The maximum atomic E-state index is 10.2. The first-order valence-corrected chi connectivity index (χ1v) is 4.91. The highest BCUT2D eigenvalue weighted by Gasteiger charge is 1.95. The number of carbonyl (C=O) groups is 1. The summed E-state index contributed by atoms with van der Waals surface area (Å²) in [6, 6.07) is 5.37. The van der Waals surface area contributed by atoms with Crippen molar-refractivity contribution >= 4 is 46.2 Å². The number of hydrogen-bond donors (Lipinski definition) is 1. The summed E-state index contributed by atoms with van der Waals surface area (Å²) in [5, 5.41) is 9.00. The number of carboxylic acid groups (broad SMARTS) is 1. The van der Waals surface area contributed by atoms with Gasteiger partial charge < -0.3 is 5.11 Å². The van der Waals surface area contributed by atoms with Crippen molar-refractivity contribution in [3.05, 3.63) is 38.4 Å². The SMILES string of the molecule is O=C(O)/C=C/c1cc(Cl)cc(I)c1. The zero-order valence-corrected chi connectivity index (χ0v) is 9.41. The van der Waals surface area contributed by atoms with Gasteiger partial charge in [-0.2, -0.15) is 0 Å². The molecule has 0 saturated carbocycles. The molecular formula is C9H6ClIO2. The molecule has 0 spiro atoms. The second kappa shape index (κ2) is 4.62. The predicted molar refractivity (Wildman–Crippen MR) is 60.8 cm³/mol. The normalized spacial score (nSPS) is 10.6. The highest BCUT2D eigenvalue weighted by atomic mass is 127. The van der Waals surface area contributed by atoms with Crippen molar-refractivity contribution in [1.82, 2.24) is 0 Å². The molecule has 68 valence electrons. The van der Waals surface area contributed by atoms with Gasteiger partial charge in [-0.25, -0.2) is 4.79 Å². The molecule has 0 atom stereocenters. The van der Waals surface area contributed by atoms with Crippen molar-refractivity contribution in [1.29, 1.82) is 0 Å². The van der Waals surface area contributed by atoms with Gasteiger partial charge in [0.15, 0.2) is 0 Å². The van der Waals surface area contributed by atoms with Gasteiger partial charge in [0.2, 0.25) is 0 Å². The molecule has 4 heteroatoms. The first kappa shape index (κ1) is 10.5. The highest BCUT2D eigenvalue weighted by Crippen LogP contribution is 2.17. The number of aliphatic carboxylic acids is 1. The van der Waals surface area contributed by atoms with Crippen LogP contribution in [0.3, 0.4) is 0 Å². The van der Waals surface area contributed by atoms with E-state index in [1.165, 1.54) is 6.08 Å². The van der Waals surface area contributed by atoms with Crippen LogP contribution in [-0.2, 0) is 4.79 Å². The van der Waals surface area contributed by atoms with E-state index < -0.39 is 5.97 Å². The second-order valence-electron chi connectivity index (χ2n) is 2.37. The van der Waals surface area contributed by atoms with E-state index in [1.807, 2.05) is 6.07 Å². The second-order valence-corrected chi connectivity index (χ2v) is 4.06. The van der Waals surface area contributed by atoms with Crippen molar-refractivity contribution < 1.29 is 9.90 Å². The molecule has 0 bridgehead atoms. The van der Waals surface area contributed by atoms with Crippen LogP contribution in [0, 0.1) is 3.57 Å². The fourth-order valence-electron chi connectivity index (χ4n) is 0.839. The third-order valence-corrected chi connectivity index (χ3v) is 2.14. The fraction of sp³-hybridized carbons (Fsp3) is 0. The van der Waals surface area contributed by atoms with Crippen LogP contribution in [0.1, 0.15) is 5.56 Å². The molecule has 1 aromatic carbocycles. The van der Waals surface area contributed by atoms with Crippen LogP contribution < -0.4 is 0 Å². The molecule has 0 unspecified atom stereocenters.